The van der Waals surface area contributed by atoms with Crippen LogP contribution < -0.4 is 19.5 Å². The fourth-order valence-electron chi connectivity index (χ4n) is 4.85. The van der Waals surface area contributed by atoms with Gasteiger partial charge in [-0.2, -0.15) is 0 Å². The highest BCUT2D eigenvalue weighted by atomic mass is 16.6. The maximum absolute atomic E-state index is 13.7. The van der Waals surface area contributed by atoms with Crippen LogP contribution in [0.3, 0.4) is 0 Å². The summed E-state index contributed by atoms with van der Waals surface area (Å²) in [5.41, 5.74) is -0.511. The molecule has 3 rings (SSSR count). The van der Waals surface area contributed by atoms with E-state index in [0.29, 0.717) is 61.8 Å². The van der Waals surface area contributed by atoms with Gasteiger partial charge in [-0.25, -0.2) is 9.59 Å². The van der Waals surface area contributed by atoms with Crippen molar-refractivity contribution in [3.05, 3.63) is 48.0 Å². The van der Waals surface area contributed by atoms with Gasteiger partial charge in [0.15, 0.2) is 11.5 Å². The second-order valence-electron chi connectivity index (χ2n) is 11.2. The molecule has 0 spiro atoms. The molecule has 2 aromatic carbocycles. The standard InChI is InChI=1S/C31H42N2O8/c1-30(2,3)41-29(36)32-18-9-8-10-24(27(34)39-7)33-19-17-31(4,28(33)35)21-11-13-22(14-12-21)40-23-15-16-25(37-5)26(20-23)38-6/h11-16,20,24H,8-10,17-19H2,1-7H3,(H,32,36)/t24-,31+/m1/s1. The summed E-state index contributed by atoms with van der Waals surface area (Å²) >= 11 is 0. The van der Waals surface area contributed by atoms with Crippen LogP contribution in [0, 0.1) is 0 Å². The first-order valence-corrected chi connectivity index (χ1v) is 13.8. The van der Waals surface area contributed by atoms with E-state index < -0.39 is 29.1 Å². The number of ether oxygens (including phenoxy) is 5. The number of alkyl carbamates (subject to hydrolysis) is 1. The van der Waals surface area contributed by atoms with Crippen molar-refractivity contribution in [3.63, 3.8) is 0 Å². The zero-order valence-corrected chi connectivity index (χ0v) is 25.1. The average molecular weight is 571 g/mol. The molecule has 224 valence electrons. The van der Waals surface area contributed by atoms with Gasteiger partial charge >= 0.3 is 12.1 Å². The van der Waals surface area contributed by atoms with Crippen LogP contribution in [-0.2, 0) is 24.5 Å². The summed E-state index contributed by atoms with van der Waals surface area (Å²) in [7, 11) is 4.47. The van der Waals surface area contributed by atoms with Gasteiger partial charge in [-0.15, -0.1) is 0 Å². The van der Waals surface area contributed by atoms with E-state index in [9.17, 15) is 14.4 Å². The molecule has 1 N–H and O–H groups in total. The molecular formula is C31H42N2O8. The number of rotatable bonds is 12. The second kappa shape index (κ2) is 13.6. The van der Waals surface area contributed by atoms with Crippen LogP contribution in [0.25, 0.3) is 0 Å². The molecule has 0 bridgehead atoms. The van der Waals surface area contributed by atoms with Gasteiger partial charge in [-0.3, -0.25) is 4.79 Å². The van der Waals surface area contributed by atoms with Crippen LogP contribution in [0.5, 0.6) is 23.0 Å². The third-order valence-electron chi connectivity index (χ3n) is 7.09. The normalized spacial score (nSPS) is 17.5. The molecule has 1 saturated heterocycles. The predicted octanol–water partition coefficient (Wildman–Crippen LogP) is 5.22. The number of hydrogen-bond donors (Lipinski definition) is 1. The van der Waals surface area contributed by atoms with E-state index >= 15 is 0 Å². The molecule has 2 atom stereocenters. The molecule has 10 nitrogen and oxygen atoms in total. The van der Waals surface area contributed by atoms with Crippen molar-refractivity contribution in [2.45, 2.75) is 70.4 Å². The molecule has 10 heteroatoms. The molecule has 1 aliphatic rings. The summed E-state index contributed by atoms with van der Waals surface area (Å²) in [4.78, 5) is 39.9. The Morgan fingerprint density at radius 3 is 2.24 bits per heavy atom. The van der Waals surface area contributed by atoms with Gasteiger partial charge < -0.3 is 33.9 Å². The lowest BCUT2D eigenvalue weighted by Crippen LogP contribution is -2.46. The number of carbonyl (C=O) groups is 3. The zero-order chi connectivity index (χ0) is 30.2. The number of unbranched alkanes of at least 4 members (excludes halogenated alkanes) is 1. The molecule has 2 amide bonds. The SMILES string of the molecule is COC(=O)[C@@H](CCCCNC(=O)OC(C)(C)C)N1CC[C@@](C)(c2ccc(Oc3ccc(OC)c(OC)c3)cc2)C1=O. The highest BCUT2D eigenvalue weighted by molar-refractivity contribution is 5.93. The topological polar surface area (TPSA) is 113 Å². The van der Waals surface area contributed by atoms with Gasteiger partial charge in [0.25, 0.3) is 0 Å². The van der Waals surface area contributed by atoms with E-state index in [-0.39, 0.29) is 5.91 Å². The Hall–Kier alpha value is -3.95. The Balaban J connectivity index is 1.62. The number of benzene rings is 2. The lowest BCUT2D eigenvalue weighted by molar-refractivity contribution is -0.152. The first-order chi connectivity index (χ1) is 19.4. The fourth-order valence-corrected chi connectivity index (χ4v) is 4.85. The molecule has 1 aliphatic heterocycles. The number of nitrogens with one attached hydrogen (secondary N) is 1. The molecular weight excluding hydrogens is 528 g/mol. The summed E-state index contributed by atoms with van der Waals surface area (Å²) in [6.07, 6.45) is 1.77. The number of likely N-dealkylation sites (tertiary alicyclic amines) is 1. The summed E-state index contributed by atoms with van der Waals surface area (Å²) in [5.74, 6) is 1.81. The van der Waals surface area contributed by atoms with Crippen molar-refractivity contribution in [1.82, 2.24) is 10.2 Å². The van der Waals surface area contributed by atoms with Crippen LogP contribution in [0.1, 0.15) is 58.9 Å². The van der Waals surface area contributed by atoms with Crippen molar-refractivity contribution in [3.8, 4) is 23.0 Å². The smallest absolute Gasteiger partial charge is 0.407 e. The second-order valence-corrected chi connectivity index (χ2v) is 11.2. The van der Waals surface area contributed by atoms with Gasteiger partial charge in [-0.05, 0) is 83.2 Å². The van der Waals surface area contributed by atoms with Crippen molar-refractivity contribution in [2.75, 3.05) is 34.4 Å². The Morgan fingerprint density at radius 2 is 1.63 bits per heavy atom. The maximum Gasteiger partial charge on any atom is 0.407 e. The minimum Gasteiger partial charge on any atom is -0.493 e. The lowest BCUT2D eigenvalue weighted by Gasteiger charge is -2.29. The number of carbonyl (C=O) groups excluding carboxylic acids is 3. The number of amides is 2. The number of nitrogens with zero attached hydrogens (tertiary/aromatic N) is 1. The molecule has 41 heavy (non-hydrogen) atoms. The Morgan fingerprint density at radius 1 is 0.976 bits per heavy atom. The molecule has 0 aliphatic carbocycles. The van der Waals surface area contributed by atoms with Crippen molar-refractivity contribution in [1.29, 1.82) is 0 Å². The van der Waals surface area contributed by atoms with E-state index in [2.05, 4.69) is 5.32 Å². The van der Waals surface area contributed by atoms with E-state index in [1.807, 2.05) is 31.2 Å². The maximum atomic E-state index is 13.7. The van der Waals surface area contributed by atoms with Crippen LogP contribution in [0.4, 0.5) is 4.79 Å². The van der Waals surface area contributed by atoms with E-state index in [0.717, 1.165) is 5.56 Å². The van der Waals surface area contributed by atoms with Crippen LogP contribution >= 0.6 is 0 Å². The van der Waals surface area contributed by atoms with Gasteiger partial charge in [0.2, 0.25) is 5.91 Å². The summed E-state index contributed by atoms with van der Waals surface area (Å²) < 4.78 is 26.9. The van der Waals surface area contributed by atoms with Crippen molar-refractivity contribution >= 4 is 18.0 Å². The number of hydrogen-bond acceptors (Lipinski definition) is 8. The first kappa shape index (κ1) is 31.6. The quantitative estimate of drug-likeness (QED) is 0.273. The molecule has 0 radical (unpaired) electrons. The van der Waals surface area contributed by atoms with Crippen LogP contribution in [0.2, 0.25) is 0 Å². The monoisotopic (exact) mass is 570 g/mol. The van der Waals surface area contributed by atoms with Gasteiger partial charge in [0, 0.05) is 19.2 Å². The Kier molecular flexibility index (Phi) is 10.5. The largest absolute Gasteiger partial charge is 0.493 e. The third-order valence-corrected chi connectivity index (χ3v) is 7.09. The average Bonchev–Trinajstić information content (AvgIpc) is 3.24. The molecule has 1 heterocycles. The summed E-state index contributed by atoms with van der Waals surface area (Å²) in [6, 6.07) is 12.0. The van der Waals surface area contributed by atoms with Gasteiger partial charge in [0.1, 0.15) is 23.1 Å². The van der Waals surface area contributed by atoms with Crippen LogP contribution in [0.15, 0.2) is 42.5 Å². The Labute approximate surface area is 242 Å². The van der Waals surface area contributed by atoms with Crippen molar-refractivity contribution in [2.24, 2.45) is 0 Å². The highest BCUT2D eigenvalue weighted by Gasteiger charge is 2.47. The molecule has 2 aromatic rings. The first-order valence-electron chi connectivity index (χ1n) is 13.8. The van der Waals surface area contributed by atoms with E-state index in [1.165, 1.54) is 7.11 Å². The predicted molar refractivity (Wildman–Crippen MR) is 154 cm³/mol. The minimum absolute atomic E-state index is 0.117. The summed E-state index contributed by atoms with van der Waals surface area (Å²) in [6.45, 7) is 8.16. The van der Waals surface area contributed by atoms with Gasteiger partial charge in [-0.1, -0.05) is 12.1 Å². The van der Waals surface area contributed by atoms with Crippen molar-refractivity contribution < 1.29 is 38.1 Å². The lowest BCUT2D eigenvalue weighted by atomic mass is 9.81. The highest BCUT2D eigenvalue weighted by Crippen LogP contribution is 2.39. The number of esters is 1. The minimum atomic E-state index is -0.785. The van der Waals surface area contributed by atoms with Crippen LogP contribution in [-0.4, -0.2) is 68.9 Å². The van der Waals surface area contributed by atoms with E-state index in [1.54, 1.807) is 58.1 Å². The zero-order valence-electron chi connectivity index (χ0n) is 25.1. The molecule has 0 saturated carbocycles. The van der Waals surface area contributed by atoms with E-state index in [4.69, 9.17) is 23.7 Å². The third kappa shape index (κ3) is 8.05. The number of methoxy groups -OCH3 is 3. The molecule has 0 aromatic heterocycles. The van der Waals surface area contributed by atoms with Gasteiger partial charge in [0.05, 0.1) is 26.7 Å². The molecule has 1 fully saturated rings. The summed E-state index contributed by atoms with van der Waals surface area (Å²) in [5, 5.41) is 2.72. The Bertz CT molecular complexity index is 1210. The molecule has 0 unspecified atom stereocenters. The fraction of sp³-hybridized carbons (Fsp3) is 0.516.